The SMILES string of the molecule is Cc1ccccc1OCC(=O)N1C[C@@H]2[C@@H](CNc3ccccn3)CO[C@@H]2C1. The Morgan fingerprint density at radius 1 is 1.26 bits per heavy atom. The maximum atomic E-state index is 12.6. The third-order valence-electron chi connectivity index (χ3n) is 5.45. The van der Waals surface area contributed by atoms with Gasteiger partial charge in [-0.25, -0.2) is 4.98 Å². The van der Waals surface area contributed by atoms with Crippen molar-refractivity contribution >= 4 is 11.7 Å². The van der Waals surface area contributed by atoms with Crippen LogP contribution in [0.5, 0.6) is 5.75 Å². The zero-order valence-corrected chi connectivity index (χ0v) is 15.5. The van der Waals surface area contributed by atoms with Crippen LogP contribution in [0.4, 0.5) is 5.82 Å². The van der Waals surface area contributed by atoms with Crippen molar-refractivity contribution < 1.29 is 14.3 Å². The minimum Gasteiger partial charge on any atom is -0.484 e. The van der Waals surface area contributed by atoms with E-state index in [0.717, 1.165) is 36.8 Å². The molecule has 142 valence electrons. The Labute approximate surface area is 159 Å². The summed E-state index contributed by atoms with van der Waals surface area (Å²) >= 11 is 0. The molecule has 0 radical (unpaired) electrons. The predicted octanol–water partition coefficient (Wildman–Crippen LogP) is 2.35. The third-order valence-corrected chi connectivity index (χ3v) is 5.45. The number of hydrogen-bond acceptors (Lipinski definition) is 5. The first kappa shape index (κ1) is 17.8. The Morgan fingerprint density at radius 2 is 2.11 bits per heavy atom. The molecule has 1 amide bonds. The monoisotopic (exact) mass is 367 g/mol. The zero-order valence-electron chi connectivity index (χ0n) is 15.5. The predicted molar refractivity (Wildman–Crippen MR) is 103 cm³/mol. The third kappa shape index (κ3) is 4.06. The van der Waals surface area contributed by atoms with Gasteiger partial charge >= 0.3 is 0 Å². The summed E-state index contributed by atoms with van der Waals surface area (Å²) in [6.07, 6.45) is 1.91. The van der Waals surface area contributed by atoms with Crippen LogP contribution in [0, 0.1) is 18.8 Å². The van der Waals surface area contributed by atoms with Gasteiger partial charge in [-0.15, -0.1) is 0 Å². The minimum absolute atomic E-state index is 0.0210. The van der Waals surface area contributed by atoms with E-state index in [1.54, 1.807) is 6.20 Å². The summed E-state index contributed by atoms with van der Waals surface area (Å²) in [4.78, 5) is 18.7. The van der Waals surface area contributed by atoms with Gasteiger partial charge in [-0.1, -0.05) is 24.3 Å². The van der Waals surface area contributed by atoms with E-state index in [9.17, 15) is 4.79 Å². The second-order valence-corrected chi connectivity index (χ2v) is 7.24. The van der Waals surface area contributed by atoms with Crippen molar-refractivity contribution in [2.24, 2.45) is 11.8 Å². The van der Waals surface area contributed by atoms with E-state index in [2.05, 4.69) is 10.3 Å². The maximum absolute atomic E-state index is 12.6. The average molecular weight is 367 g/mol. The lowest BCUT2D eigenvalue weighted by Gasteiger charge is -2.20. The number of benzene rings is 1. The van der Waals surface area contributed by atoms with Crippen LogP contribution < -0.4 is 10.1 Å². The van der Waals surface area contributed by atoms with Crippen LogP contribution in [0.3, 0.4) is 0 Å². The van der Waals surface area contributed by atoms with Gasteiger partial charge in [0.1, 0.15) is 11.6 Å². The molecule has 2 fully saturated rings. The number of para-hydroxylation sites is 1. The number of nitrogens with one attached hydrogen (secondary N) is 1. The van der Waals surface area contributed by atoms with E-state index in [1.165, 1.54) is 0 Å². The number of carbonyl (C=O) groups excluding carboxylic acids is 1. The van der Waals surface area contributed by atoms with Gasteiger partial charge in [0.25, 0.3) is 5.91 Å². The van der Waals surface area contributed by atoms with Crippen molar-refractivity contribution in [3.8, 4) is 5.75 Å². The molecule has 1 aromatic carbocycles. The molecule has 6 nitrogen and oxygen atoms in total. The van der Waals surface area contributed by atoms with Crippen LogP contribution in [-0.2, 0) is 9.53 Å². The first-order chi connectivity index (χ1) is 13.2. The molecule has 2 aliphatic heterocycles. The van der Waals surface area contributed by atoms with Gasteiger partial charge in [0, 0.05) is 37.7 Å². The van der Waals surface area contributed by atoms with E-state index in [4.69, 9.17) is 9.47 Å². The Bertz CT molecular complexity index is 783. The fourth-order valence-corrected chi connectivity index (χ4v) is 3.86. The molecule has 0 unspecified atom stereocenters. The molecule has 2 aliphatic rings. The first-order valence-corrected chi connectivity index (χ1v) is 9.43. The number of likely N-dealkylation sites (tertiary alicyclic amines) is 1. The van der Waals surface area contributed by atoms with Crippen molar-refractivity contribution in [1.29, 1.82) is 0 Å². The molecule has 4 rings (SSSR count). The molecule has 6 heteroatoms. The zero-order chi connectivity index (χ0) is 18.6. The Morgan fingerprint density at radius 3 is 2.93 bits per heavy atom. The number of pyridine rings is 1. The second-order valence-electron chi connectivity index (χ2n) is 7.24. The normalized spacial score (nSPS) is 23.9. The van der Waals surface area contributed by atoms with Crippen molar-refractivity contribution in [2.75, 3.05) is 38.2 Å². The van der Waals surface area contributed by atoms with Gasteiger partial charge in [0.05, 0.1) is 12.7 Å². The van der Waals surface area contributed by atoms with Crippen LogP contribution in [0.1, 0.15) is 5.56 Å². The molecule has 3 heterocycles. The van der Waals surface area contributed by atoms with Crippen LogP contribution in [0.15, 0.2) is 48.7 Å². The number of ether oxygens (including phenoxy) is 2. The summed E-state index contributed by atoms with van der Waals surface area (Å²) in [7, 11) is 0. The lowest BCUT2D eigenvalue weighted by atomic mass is 9.93. The van der Waals surface area contributed by atoms with Gasteiger partial charge < -0.3 is 19.7 Å². The highest BCUT2D eigenvalue weighted by molar-refractivity contribution is 5.78. The highest BCUT2D eigenvalue weighted by Crippen LogP contribution is 2.34. The Hall–Kier alpha value is -2.60. The molecule has 1 N–H and O–H groups in total. The number of amides is 1. The molecule has 1 aromatic heterocycles. The number of fused-ring (bicyclic) bond motifs is 1. The molecule has 3 atom stereocenters. The maximum Gasteiger partial charge on any atom is 0.260 e. The van der Waals surface area contributed by atoms with Crippen molar-refractivity contribution in [3.63, 3.8) is 0 Å². The number of aryl methyl sites for hydroxylation is 1. The highest BCUT2D eigenvalue weighted by Gasteiger charge is 2.45. The fraction of sp³-hybridized carbons (Fsp3) is 0.429. The Kier molecular flexibility index (Phi) is 5.25. The number of hydrogen-bond donors (Lipinski definition) is 1. The smallest absolute Gasteiger partial charge is 0.260 e. The summed E-state index contributed by atoms with van der Waals surface area (Å²) in [6.45, 7) is 4.97. The Balaban J connectivity index is 1.28. The molecular formula is C21H25N3O3. The first-order valence-electron chi connectivity index (χ1n) is 9.43. The molecule has 0 spiro atoms. The summed E-state index contributed by atoms with van der Waals surface area (Å²) in [5.74, 6) is 2.40. The van der Waals surface area contributed by atoms with Gasteiger partial charge in [-0.2, -0.15) is 0 Å². The molecule has 0 saturated carbocycles. The molecule has 2 aromatic rings. The molecule has 2 saturated heterocycles. The molecule has 0 aliphatic carbocycles. The topological polar surface area (TPSA) is 63.7 Å². The number of carbonyl (C=O) groups is 1. The quantitative estimate of drug-likeness (QED) is 0.849. The molecular weight excluding hydrogens is 342 g/mol. The van der Waals surface area contributed by atoms with Crippen LogP contribution in [0.25, 0.3) is 0 Å². The number of rotatable bonds is 6. The largest absolute Gasteiger partial charge is 0.484 e. The van der Waals surface area contributed by atoms with E-state index < -0.39 is 0 Å². The lowest BCUT2D eigenvalue weighted by Crippen LogP contribution is -2.35. The van der Waals surface area contributed by atoms with Crippen molar-refractivity contribution in [3.05, 3.63) is 54.2 Å². The minimum atomic E-state index is 0.0210. The van der Waals surface area contributed by atoms with E-state index in [0.29, 0.717) is 18.4 Å². The summed E-state index contributed by atoms with van der Waals surface area (Å²) in [5.41, 5.74) is 1.03. The summed E-state index contributed by atoms with van der Waals surface area (Å²) in [6, 6.07) is 13.6. The van der Waals surface area contributed by atoms with Crippen LogP contribution >= 0.6 is 0 Å². The standard InChI is InChI=1S/C21H25N3O3/c1-15-6-2-3-7-18(15)27-14-21(25)24-11-17-16(13-26-19(17)12-24)10-23-20-8-4-5-9-22-20/h2-9,16-17,19H,10-14H2,1H3,(H,22,23)/t16-,17+,19+/m0/s1. The average Bonchev–Trinajstić information content (AvgIpc) is 3.27. The number of aromatic nitrogens is 1. The van der Waals surface area contributed by atoms with Crippen LogP contribution in [0.2, 0.25) is 0 Å². The van der Waals surface area contributed by atoms with Crippen molar-refractivity contribution in [1.82, 2.24) is 9.88 Å². The molecule has 27 heavy (non-hydrogen) atoms. The van der Waals surface area contributed by atoms with Gasteiger partial charge in [0.2, 0.25) is 0 Å². The summed E-state index contributed by atoms with van der Waals surface area (Å²) < 4.78 is 11.7. The van der Waals surface area contributed by atoms with Gasteiger partial charge in [0.15, 0.2) is 6.61 Å². The highest BCUT2D eigenvalue weighted by atomic mass is 16.5. The van der Waals surface area contributed by atoms with Crippen LogP contribution in [-0.4, -0.2) is 54.7 Å². The van der Waals surface area contributed by atoms with E-state index in [-0.39, 0.29) is 18.6 Å². The second kappa shape index (κ2) is 7.96. The van der Waals surface area contributed by atoms with Gasteiger partial charge in [-0.3, -0.25) is 4.79 Å². The fourth-order valence-electron chi connectivity index (χ4n) is 3.86. The number of anilines is 1. The van der Waals surface area contributed by atoms with Crippen molar-refractivity contribution in [2.45, 2.75) is 13.0 Å². The van der Waals surface area contributed by atoms with E-state index >= 15 is 0 Å². The summed E-state index contributed by atoms with van der Waals surface area (Å²) in [5, 5.41) is 3.38. The molecule has 0 bridgehead atoms. The number of nitrogens with zero attached hydrogens (tertiary/aromatic N) is 2. The van der Waals surface area contributed by atoms with E-state index in [1.807, 2.05) is 54.3 Å². The van der Waals surface area contributed by atoms with Gasteiger partial charge in [-0.05, 0) is 30.7 Å². The lowest BCUT2D eigenvalue weighted by molar-refractivity contribution is -0.133.